The van der Waals surface area contributed by atoms with Crippen molar-refractivity contribution in [1.82, 2.24) is 10.2 Å². The average Bonchev–Trinajstić information content (AvgIpc) is 2.75. The van der Waals surface area contributed by atoms with Crippen molar-refractivity contribution in [3.8, 4) is 5.75 Å². The summed E-state index contributed by atoms with van der Waals surface area (Å²) in [6, 6.07) is 15.8. The molecule has 0 aliphatic carbocycles. The Kier molecular flexibility index (Phi) is 6.90. The van der Waals surface area contributed by atoms with Crippen LogP contribution in [0.4, 0.5) is 5.69 Å². The van der Waals surface area contributed by atoms with Crippen molar-refractivity contribution >= 4 is 11.6 Å². The lowest BCUT2D eigenvalue weighted by Crippen LogP contribution is -2.43. The molecule has 0 bridgehead atoms. The number of amides is 1. The van der Waals surface area contributed by atoms with Crippen LogP contribution in [0.1, 0.15) is 22.0 Å². The van der Waals surface area contributed by atoms with Gasteiger partial charge < -0.3 is 19.7 Å². The van der Waals surface area contributed by atoms with Gasteiger partial charge in [0.25, 0.3) is 5.91 Å². The number of rotatable bonds is 7. The van der Waals surface area contributed by atoms with E-state index in [9.17, 15) is 4.79 Å². The van der Waals surface area contributed by atoms with Gasteiger partial charge in [0.05, 0.1) is 26.4 Å². The minimum Gasteiger partial charge on any atom is -0.497 e. The number of morpholine rings is 1. The maximum Gasteiger partial charge on any atom is 0.251 e. The minimum atomic E-state index is -0.0953. The Balaban J connectivity index is 1.74. The van der Waals surface area contributed by atoms with Gasteiger partial charge in [-0.2, -0.15) is 0 Å². The lowest BCUT2D eigenvalue weighted by molar-refractivity contribution is 0.0162. The van der Waals surface area contributed by atoms with Crippen LogP contribution in [-0.2, 0) is 4.74 Å². The number of benzene rings is 2. The summed E-state index contributed by atoms with van der Waals surface area (Å²) in [5.74, 6) is 0.582. The van der Waals surface area contributed by atoms with Gasteiger partial charge in [-0.15, -0.1) is 0 Å². The van der Waals surface area contributed by atoms with Crippen LogP contribution in [0.2, 0.25) is 0 Å². The molecule has 0 aromatic heterocycles. The van der Waals surface area contributed by atoms with Crippen LogP contribution in [0.5, 0.6) is 5.75 Å². The SMILES string of the molecule is COc1cccc(C(=O)NC[C@H](c2ccc(N(C)C)cc2)N2CCOCC2)c1. The summed E-state index contributed by atoms with van der Waals surface area (Å²) in [6.07, 6.45) is 0. The molecule has 0 radical (unpaired) electrons. The lowest BCUT2D eigenvalue weighted by Gasteiger charge is -2.35. The van der Waals surface area contributed by atoms with E-state index in [2.05, 4.69) is 39.4 Å². The Labute approximate surface area is 167 Å². The van der Waals surface area contributed by atoms with Crippen molar-refractivity contribution in [2.75, 3.05) is 59.0 Å². The first-order valence-electron chi connectivity index (χ1n) is 9.60. The van der Waals surface area contributed by atoms with Crippen molar-refractivity contribution in [2.24, 2.45) is 0 Å². The van der Waals surface area contributed by atoms with E-state index >= 15 is 0 Å². The van der Waals surface area contributed by atoms with Crippen molar-refractivity contribution in [2.45, 2.75) is 6.04 Å². The fraction of sp³-hybridized carbons (Fsp3) is 0.409. The quantitative estimate of drug-likeness (QED) is 0.796. The molecule has 0 saturated carbocycles. The van der Waals surface area contributed by atoms with Crippen molar-refractivity contribution in [1.29, 1.82) is 0 Å². The first-order chi connectivity index (χ1) is 13.6. The standard InChI is InChI=1S/C22H29N3O3/c1-24(2)19-9-7-17(8-10-19)21(25-11-13-28-14-12-25)16-23-22(26)18-5-4-6-20(15-18)27-3/h4-10,15,21H,11-14,16H2,1-3H3,(H,23,26)/t21-/m1/s1. The summed E-state index contributed by atoms with van der Waals surface area (Å²) in [4.78, 5) is 17.1. The topological polar surface area (TPSA) is 54.0 Å². The summed E-state index contributed by atoms with van der Waals surface area (Å²) in [5.41, 5.74) is 2.95. The average molecular weight is 383 g/mol. The molecular weight excluding hydrogens is 354 g/mol. The van der Waals surface area contributed by atoms with Crippen LogP contribution >= 0.6 is 0 Å². The van der Waals surface area contributed by atoms with Crippen LogP contribution in [-0.4, -0.2) is 64.9 Å². The van der Waals surface area contributed by atoms with E-state index in [-0.39, 0.29) is 11.9 Å². The van der Waals surface area contributed by atoms with Gasteiger partial charge >= 0.3 is 0 Å². The molecule has 1 atom stereocenters. The zero-order chi connectivity index (χ0) is 19.9. The van der Waals surface area contributed by atoms with Gasteiger partial charge in [0, 0.05) is 45.0 Å². The van der Waals surface area contributed by atoms with Crippen molar-refractivity contribution in [3.05, 3.63) is 59.7 Å². The third-order valence-corrected chi connectivity index (χ3v) is 5.07. The number of carbonyl (C=O) groups excluding carboxylic acids is 1. The normalized spacial score (nSPS) is 15.7. The molecule has 1 N–H and O–H groups in total. The Morgan fingerprint density at radius 3 is 2.54 bits per heavy atom. The van der Waals surface area contributed by atoms with E-state index in [1.165, 1.54) is 5.56 Å². The molecule has 1 saturated heterocycles. The van der Waals surface area contributed by atoms with Gasteiger partial charge in [-0.05, 0) is 35.9 Å². The fourth-order valence-corrected chi connectivity index (χ4v) is 3.40. The number of nitrogens with zero attached hydrogens (tertiary/aromatic N) is 2. The number of hydrogen-bond donors (Lipinski definition) is 1. The number of nitrogens with one attached hydrogen (secondary N) is 1. The smallest absolute Gasteiger partial charge is 0.251 e. The van der Waals surface area contributed by atoms with Gasteiger partial charge in [0.15, 0.2) is 0 Å². The molecule has 1 amide bonds. The van der Waals surface area contributed by atoms with E-state index in [1.54, 1.807) is 19.2 Å². The Morgan fingerprint density at radius 1 is 1.18 bits per heavy atom. The number of methoxy groups -OCH3 is 1. The van der Waals surface area contributed by atoms with Crippen LogP contribution < -0.4 is 15.0 Å². The molecule has 1 heterocycles. The van der Waals surface area contributed by atoms with Crippen LogP contribution in [0.25, 0.3) is 0 Å². The molecular formula is C22H29N3O3. The summed E-state index contributed by atoms with van der Waals surface area (Å²) in [6.45, 7) is 3.69. The number of ether oxygens (including phenoxy) is 2. The van der Waals surface area contributed by atoms with Crippen molar-refractivity contribution < 1.29 is 14.3 Å². The second-order valence-electron chi connectivity index (χ2n) is 7.09. The number of hydrogen-bond acceptors (Lipinski definition) is 5. The zero-order valence-electron chi connectivity index (χ0n) is 16.9. The van der Waals surface area contributed by atoms with Gasteiger partial charge in [-0.1, -0.05) is 18.2 Å². The van der Waals surface area contributed by atoms with Crippen molar-refractivity contribution in [3.63, 3.8) is 0 Å². The highest BCUT2D eigenvalue weighted by molar-refractivity contribution is 5.94. The molecule has 1 aliphatic heterocycles. The third-order valence-electron chi connectivity index (χ3n) is 5.07. The second kappa shape index (κ2) is 9.57. The highest BCUT2D eigenvalue weighted by atomic mass is 16.5. The Morgan fingerprint density at radius 2 is 1.89 bits per heavy atom. The zero-order valence-corrected chi connectivity index (χ0v) is 16.9. The largest absolute Gasteiger partial charge is 0.497 e. The summed E-state index contributed by atoms with van der Waals surface area (Å²) < 4.78 is 10.7. The molecule has 150 valence electrons. The summed E-state index contributed by atoms with van der Waals surface area (Å²) in [7, 11) is 5.66. The van der Waals surface area contributed by atoms with Gasteiger partial charge in [-0.25, -0.2) is 0 Å². The van der Waals surface area contributed by atoms with Crippen LogP contribution in [0.3, 0.4) is 0 Å². The van der Waals surface area contributed by atoms with Gasteiger partial charge in [-0.3, -0.25) is 9.69 Å². The monoisotopic (exact) mass is 383 g/mol. The van der Waals surface area contributed by atoms with Crippen LogP contribution in [0, 0.1) is 0 Å². The molecule has 6 heteroatoms. The van der Waals surface area contributed by atoms with E-state index < -0.39 is 0 Å². The first-order valence-corrected chi connectivity index (χ1v) is 9.60. The first kappa shape index (κ1) is 20.2. The molecule has 1 fully saturated rings. The number of anilines is 1. The van der Waals surface area contributed by atoms with E-state index in [4.69, 9.17) is 9.47 Å². The maximum atomic E-state index is 12.7. The van der Waals surface area contributed by atoms with Gasteiger partial charge in [0.1, 0.15) is 5.75 Å². The van der Waals surface area contributed by atoms with Gasteiger partial charge in [0.2, 0.25) is 0 Å². The predicted molar refractivity (Wildman–Crippen MR) is 111 cm³/mol. The van der Waals surface area contributed by atoms with E-state index in [0.29, 0.717) is 17.9 Å². The van der Waals surface area contributed by atoms with E-state index in [0.717, 1.165) is 32.0 Å². The highest BCUT2D eigenvalue weighted by Crippen LogP contribution is 2.24. The minimum absolute atomic E-state index is 0.0953. The molecule has 1 aliphatic rings. The fourth-order valence-electron chi connectivity index (χ4n) is 3.40. The molecule has 2 aromatic carbocycles. The highest BCUT2D eigenvalue weighted by Gasteiger charge is 2.23. The molecule has 2 aromatic rings. The maximum absolute atomic E-state index is 12.7. The molecule has 0 spiro atoms. The third kappa shape index (κ3) is 5.03. The second-order valence-corrected chi connectivity index (χ2v) is 7.09. The number of carbonyl (C=O) groups is 1. The molecule has 0 unspecified atom stereocenters. The summed E-state index contributed by atoms with van der Waals surface area (Å²) >= 11 is 0. The van der Waals surface area contributed by atoms with Crippen LogP contribution in [0.15, 0.2) is 48.5 Å². The molecule has 3 rings (SSSR count). The Hall–Kier alpha value is -2.57. The van der Waals surface area contributed by atoms with E-state index in [1.807, 2.05) is 26.2 Å². The predicted octanol–water partition coefficient (Wildman–Crippen LogP) is 2.56. The summed E-state index contributed by atoms with van der Waals surface area (Å²) in [5, 5.41) is 3.10. The lowest BCUT2D eigenvalue weighted by atomic mass is 10.0. The molecule has 28 heavy (non-hydrogen) atoms. The Bertz CT molecular complexity index is 771. The molecule has 6 nitrogen and oxygen atoms in total.